The summed E-state index contributed by atoms with van der Waals surface area (Å²) in [6.07, 6.45) is 8.88. The van der Waals surface area contributed by atoms with Gasteiger partial charge >= 0.3 is 20.5 Å². The van der Waals surface area contributed by atoms with Crippen molar-refractivity contribution >= 4 is 32.2 Å². The fourth-order valence-corrected chi connectivity index (χ4v) is 5.07. The van der Waals surface area contributed by atoms with E-state index < -0.39 is 14.6 Å². The normalized spacial score (nSPS) is 17.9. The topological polar surface area (TPSA) is 83.1 Å². The van der Waals surface area contributed by atoms with Crippen molar-refractivity contribution in [3.05, 3.63) is 42.0 Å². The number of esters is 2. The molecule has 2 unspecified atom stereocenters. The summed E-state index contributed by atoms with van der Waals surface area (Å²) in [5.74, 6) is 0.0169. The Kier molecular flexibility index (Phi) is 20.5. The van der Waals surface area contributed by atoms with Crippen molar-refractivity contribution in [2.75, 3.05) is 19.5 Å². The molecule has 9 heteroatoms. The van der Waals surface area contributed by atoms with Crippen molar-refractivity contribution in [3.63, 3.8) is 0 Å². The second-order valence-electron chi connectivity index (χ2n) is 7.24. The number of ether oxygens (including phenoxy) is 2. The van der Waals surface area contributed by atoms with Crippen molar-refractivity contribution in [1.29, 1.82) is 0 Å². The SMILES string of the molecule is CC.CC.CCOC(=O)CCc1ccccc1O[P@](N[C@@H](C)C(=O)OCC)OC1C=CC(SC)CC1. The predicted octanol–water partition coefficient (Wildman–Crippen LogP) is 6.85. The molecule has 0 bridgehead atoms. The van der Waals surface area contributed by atoms with Gasteiger partial charge < -0.3 is 18.5 Å². The molecule has 206 valence electrons. The highest BCUT2D eigenvalue weighted by Gasteiger charge is 2.27. The standard InChI is InChI=1S/C23H34NO6PS.2C2H6/c1-5-27-22(25)16-11-18-9-7-8-10-21(18)30-31(24-17(3)23(26)28-6-2)29-19-12-14-20(32-4)15-13-19;2*1-2/h7-10,12,14,17,19-20,24H,5-6,11,13,15-16H2,1-4H3;2*1-2H3/t17-,19?,20?,31+;;/m0../s1. The third-order valence-electron chi connectivity index (χ3n) is 4.81. The maximum absolute atomic E-state index is 12.2. The largest absolute Gasteiger partial charge is 0.466 e. The molecule has 0 aliphatic heterocycles. The van der Waals surface area contributed by atoms with Gasteiger partial charge in [0.2, 0.25) is 0 Å². The minimum absolute atomic E-state index is 0.0990. The molecule has 0 saturated heterocycles. The minimum atomic E-state index is -1.63. The number of para-hydroxylation sites is 1. The lowest BCUT2D eigenvalue weighted by Crippen LogP contribution is -2.34. The van der Waals surface area contributed by atoms with Crippen LogP contribution in [0.1, 0.15) is 73.3 Å². The number of hydrogen-bond acceptors (Lipinski definition) is 8. The fourth-order valence-electron chi connectivity index (χ4n) is 3.09. The van der Waals surface area contributed by atoms with Crippen LogP contribution in [0, 0.1) is 0 Å². The fraction of sp³-hybridized carbons (Fsp3) is 0.630. The molecular weight excluding hydrogens is 497 g/mol. The number of carbonyl (C=O) groups is 2. The average Bonchev–Trinajstić information content (AvgIpc) is 2.91. The van der Waals surface area contributed by atoms with Crippen LogP contribution in [0.5, 0.6) is 5.75 Å². The van der Waals surface area contributed by atoms with Gasteiger partial charge in [0.25, 0.3) is 0 Å². The first-order valence-corrected chi connectivity index (χ1v) is 15.5. The molecule has 7 nitrogen and oxygen atoms in total. The molecule has 1 aromatic rings. The van der Waals surface area contributed by atoms with E-state index in [9.17, 15) is 9.59 Å². The maximum Gasteiger partial charge on any atom is 0.323 e. The van der Waals surface area contributed by atoms with Gasteiger partial charge in [-0.3, -0.25) is 9.59 Å². The van der Waals surface area contributed by atoms with Gasteiger partial charge in [-0.25, -0.2) is 5.09 Å². The summed E-state index contributed by atoms with van der Waals surface area (Å²) in [6.45, 7) is 14.0. The van der Waals surface area contributed by atoms with Crippen molar-refractivity contribution in [1.82, 2.24) is 5.09 Å². The highest BCUT2D eigenvalue weighted by Crippen LogP contribution is 2.41. The summed E-state index contributed by atoms with van der Waals surface area (Å²) in [7, 11) is -1.63. The van der Waals surface area contributed by atoms with E-state index in [4.69, 9.17) is 18.5 Å². The summed E-state index contributed by atoms with van der Waals surface area (Å²) in [4.78, 5) is 23.9. The Morgan fingerprint density at radius 3 is 2.31 bits per heavy atom. The molecule has 4 atom stereocenters. The molecule has 36 heavy (non-hydrogen) atoms. The van der Waals surface area contributed by atoms with Gasteiger partial charge in [-0.2, -0.15) is 11.8 Å². The number of thioether (sulfide) groups is 1. The molecule has 2 rings (SSSR count). The highest BCUT2D eigenvalue weighted by molar-refractivity contribution is 7.99. The van der Waals surface area contributed by atoms with E-state index in [0.29, 0.717) is 30.6 Å². The van der Waals surface area contributed by atoms with Gasteiger partial charge in [0.15, 0.2) is 0 Å². The maximum atomic E-state index is 12.2. The van der Waals surface area contributed by atoms with Crippen LogP contribution in [0.15, 0.2) is 36.4 Å². The van der Waals surface area contributed by atoms with Crippen molar-refractivity contribution in [2.45, 2.75) is 91.5 Å². The van der Waals surface area contributed by atoms with E-state index in [2.05, 4.69) is 23.5 Å². The number of carbonyl (C=O) groups excluding carboxylic acids is 2. The molecule has 0 aromatic heterocycles. The van der Waals surface area contributed by atoms with E-state index in [1.54, 1.807) is 20.8 Å². The molecule has 1 N–H and O–H groups in total. The quantitative estimate of drug-likeness (QED) is 0.164. The van der Waals surface area contributed by atoms with E-state index in [1.807, 2.05) is 63.7 Å². The zero-order valence-corrected chi connectivity index (χ0v) is 25.0. The molecular formula is C27H46NO6PS. The second-order valence-corrected chi connectivity index (χ2v) is 9.49. The van der Waals surface area contributed by atoms with Crippen LogP contribution in [0.25, 0.3) is 0 Å². The first-order chi connectivity index (χ1) is 17.5. The first kappa shape index (κ1) is 34.4. The monoisotopic (exact) mass is 543 g/mol. The average molecular weight is 544 g/mol. The highest BCUT2D eigenvalue weighted by atomic mass is 32.2. The first-order valence-electron chi connectivity index (χ1n) is 13.0. The molecule has 1 aromatic carbocycles. The molecule has 0 spiro atoms. The second kappa shape index (κ2) is 21.5. The Bertz CT molecular complexity index is 764. The van der Waals surface area contributed by atoms with Crippen LogP contribution in [-0.2, 0) is 30.0 Å². The Morgan fingerprint density at radius 2 is 1.72 bits per heavy atom. The van der Waals surface area contributed by atoms with Gasteiger partial charge in [-0.1, -0.05) is 58.0 Å². The van der Waals surface area contributed by atoms with Gasteiger partial charge in [0.05, 0.1) is 19.3 Å². The molecule has 0 radical (unpaired) electrons. The lowest BCUT2D eigenvalue weighted by atomic mass is 10.1. The zero-order chi connectivity index (χ0) is 27.3. The van der Waals surface area contributed by atoms with Crippen molar-refractivity contribution in [3.8, 4) is 5.75 Å². The van der Waals surface area contributed by atoms with Crippen molar-refractivity contribution < 1.29 is 28.1 Å². The Balaban J connectivity index is 0.00000291. The Labute approximate surface area is 224 Å². The van der Waals surface area contributed by atoms with E-state index in [0.717, 1.165) is 18.4 Å². The summed E-state index contributed by atoms with van der Waals surface area (Å²) in [6, 6.07) is 6.95. The lowest BCUT2D eigenvalue weighted by molar-refractivity contribution is -0.145. The molecule has 1 aliphatic rings. The van der Waals surface area contributed by atoms with Crippen LogP contribution in [-0.4, -0.2) is 48.8 Å². The van der Waals surface area contributed by atoms with Crippen LogP contribution in [0.4, 0.5) is 0 Å². The number of rotatable bonds is 13. The van der Waals surface area contributed by atoms with Gasteiger partial charge in [-0.05, 0) is 57.9 Å². The minimum Gasteiger partial charge on any atom is -0.466 e. The Hall–Kier alpha value is -1.60. The van der Waals surface area contributed by atoms with Gasteiger partial charge in [-0.15, -0.1) is 0 Å². The summed E-state index contributed by atoms with van der Waals surface area (Å²) >= 11 is 1.82. The number of benzene rings is 1. The Morgan fingerprint density at radius 1 is 1.06 bits per heavy atom. The molecule has 0 amide bonds. The summed E-state index contributed by atoms with van der Waals surface area (Å²) in [5.41, 5.74) is 0.879. The number of aryl methyl sites for hydroxylation is 1. The molecule has 1 aliphatic carbocycles. The molecule has 0 heterocycles. The van der Waals surface area contributed by atoms with Gasteiger partial charge in [0, 0.05) is 11.7 Å². The van der Waals surface area contributed by atoms with Crippen LogP contribution in [0.2, 0.25) is 0 Å². The molecule has 0 saturated carbocycles. The third kappa shape index (κ3) is 13.6. The predicted molar refractivity (Wildman–Crippen MR) is 151 cm³/mol. The van der Waals surface area contributed by atoms with Crippen LogP contribution >= 0.6 is 20.3 Å². The zero-order valence-electron chi connectivity index (χ0n) is 23.2. The summed E-state index contributed by atoms with van der Waals surface area (Å²) < 4.78 is 22.6. The van der Waals surface area contributed by atoms with Crippen LogP contribution in [0.3, 0.4) is 0 Å². The van der Waals surface area contributed by atoms with E-state index in [1.165, 1.54) is 0 Å². The van der Waals surface area contributed by atoms with Crippen LogP contribution < -0.4 is 9.61 Å². The lowest BCUT2D eigenvalue weighted by Gasteiger charge is -2.28. The number of nitrogens with one attached hydrogen (secondary N) is 1. The van der Waals surface area contributed by atoms with Crippen molar-refractivity contribution in [2.24, 2.45) is 0 Å². The molecule has 0 fully saturated rings. The summed E-state index contributed by atoms with van der Waals surface area (Å²) in [5, 5.41) is 3.65. The smallest absolute Gasteiger partial charge is 0.323 e. The van der Waals surface area contributed by atoms with E-state index >= 15 is 0 Å². The van der Waals surface area contributed by atoms with Gasteiger partial charge in [0.1, 0.15) is 11.8 Å². The number of hydrogen-bond donors (Lipinski definition) is 1. The van der Waals surface area contributed by atoms with E-state index in [-0.39, 0.29) is 24.5 Å². The third-order valence-corrected chi connectivity index (χ3v) is 7.23.